The highest BCUT2D eigenvalue weighted by Gasteiger charge is 2.19. The summed E-state index contributed by atoms with van der Waals surface area (Å²) in [6, 6.07) is -0.743. The average Bonchev–Trinajstić information content (AvgIpc) is 2.02. The van der Waals surface area contributed by atoms with Gasteiger partial charge >= 0.3 is 5.97 Å². The van der Waals surface area contributed by atoms with E-state index in [-0.39, 0.29) is 11.8 Å². The van der Waals surface area contributed by atoms with E-state index >= 15 is 0 Å². The summed E-state index contributed by atoms with van der Waals surface area (Å²) in [5.74, 6) is -0.915. The number of aliphatic carboxylic acids is 1. The Hall–Kier alpha value is -1.06. The van der Waals surface area contributed by atoms with E-state index < -0.39 is 12.0 Å². The third-order valence-electron chi connectivity index (χ3n) is 1.66. The molecule has 4 nitrogen and oxygen atoms in total. The lowest BCUT2D eigenvalue weighted by Gasteiger charge is -2.15. The summed E-state index contributed by atoms with van der Waals surface area (Å²) >= 11 is 0. The van der Waals surface area contributed by atoms with E-state index in [1.54, 1.807) is 6.92 Å². The van der Waals surface area contributed by atoms with Crippen molar-refractivity contribution >= 4 is 11.9 Å². The number of rotatable bonds is 5. The summed E-state index contributed by atoms with van der Waals surface area (Å²) in [4.78, 5) is 21.6. The molecule has 76 valence electrons. The summed E-state index contributed by atoms with van der Waals surface area (Å²) in [7, 11) is 0. The second-order valence-corrected chi connectivity index (χ2v) is 3.44. The maximum atomic E-state index is 10.9. The molecule has 0 rings (SSSR count). The molecule has 0 spiro atoms. The fourth-order valence-electron chi connectivity index (χ4n) is 0.989. The van der Waals surface area contributed by atoms with Crippen molar-refractivity contribution in [3.63, 3.8) is 0 Å². The van der Waals surface area contributed by atoms with Crippen LogP contribution < -0.4 is 5.32 Å². The zero-order valence-corrected chi connectivity index (χ0v) is 8.33. The van der Waals surface area contributed by atoms with Crippen molar-refractivity contribution in [3.05, 3.63) is 0 Å². The van der Waals surface area contributed by atoms with E-state index in [0.29, 0.717) is 12.8 Å². The second-order valence-electron chi connectivity index (χ2n) is 3.44. The first-order valence-electron chi connectivity index (χ1n) is 4.49. The topological polar surface area (TPSA) is 66.4 Å². The minimum atomic E-state index is -0.962. The first-order chi connectivity index (χ1) is 5.97. The van der Waals surface area contributed by atoms with Crippen LogP contribution in [0.2, 0.25) is 0 Å². The van der Waals surface area contributed by atoms with Crippen LogP contribution in [0, 0.1) is 5.92 Å². The summed E-state index contributed by atoms with van der Waals surface area (Å²) in [6.45, 7) is 5.55. The first-order valence-corrected chi connectivity index (χ1v) is 4.49. The van der Waals surface area contributed by atoms with Crippen LogP contribution in [0.1, 0.15) is 33.6 Å². The Balaban J connectivity index is 4.10. The standard InChI is InChI=1S/C9H17NO3/c1-4-8(11)10-7(9(12)13)5-6(2)3/h6-7H,4-5H2,1-3H3,(H,10,11)(H,12,13)/t7-/m0/s1. The van der Waals surface area contributed by atoms with Crippen LogP contribution in [0.3, 0.4) is 0 Å². The molecule has 0 aliphatic carbocycles. The van der Waals surface area contributed by atoms with Crippen LogP contribution in [0.15, 0.2) is 0 Å². The molecule has 1 atom stereocenters. The molecule has 0 radical (unpaired) electrons. The minimum absolute atomic E-state index is 0.215. The molecular weight excluding hydrogens is 170 g/mol. The molecule has 0 aliphatic rings. The Kier molecular flexibility index (Phi) is 5.11. The van der Waals surface area contributed by atoms with Gasteiger partial charge in [0.1, 0.15) is 6.04 Å². The fraction of sp³-hybridized carbons (Fsp3) is 0.778. The number of hydrogen-bond donors (Lipinski definition) is 2. The van der Waals surface area contributed by atoms with E-state index in [1.165, 1.54) is 0 Å². The van der Waals surface area contributed by atoms with Gasteiger partial charge in [-0.3, -0.25) is 4.79 Å². The van der Waals surface area contributed by atoms with Crippen molar-refractivity contribution in [2.75, 3.05) is 0 Å². The van der Waals surface area contributed by atoms with Crippen molar-refractivity contribution in [2.24, 2.45) is 5.92 Å². The quantitative estimate of drug-likeness (QED) is 0.675. The van der Waals surface area contributed by atoms with Crippen molar-refractivity contribution in [2.45, 2.75) is 39.7 Å². The second kappa shape index (κ2) is 5.56. The molecule has 4 heteroatoms. The van der Waals surface area contributed by atoms with Gasteiger partial charge < -0.3 is 10.4 Å². The molecule has 13 heavy (non-hydrogen) atoms. The predicted molar refractivity (Wildman–Crippen MR) is 49.3 cm³/mol. The Morgan fingerprint density at radius 3 is 2.23 bits per heavy atom. The number of amides is 1. The molecule has 1 amide bonds. The van der Waals surface area contributed by atoms with Crippen LogP contribution in [0.4, 0.5) is 0 Å². The van der Waals surface area contributed by atoms with Gasteiger partial charge in [0, 0.05) is 6.42 Å². The third-order valence-corrected chi connectivity index (χ3v) is 1.66. The number of carboxylic acids is 1. The van der Waals surface area contributed by atoms with E-state index in [0.717, 1.165) is 0 Å². The Labute approximate surface area is 78.3 Å². The molecule has 0 fully saturated rings. The summed E-state index contributed by atoms with van der Waals surface area (Å²) in [5.41, 5.74) is 0. The Bertz CT molecular complexity index is 189. The van der Waals surface area contributed by atoms with Crippen LogP contribution in [-0.2, 0) is 9.59 Å². The molecule has 0 bridgehead atoms. The van der Waals surface area contributed by atoms with Gasteiger partial charge in [0.05, 0.1) is 0 Å². The fourth-order valence-corrected chi connectivity index (χ4v) is 0.989. The Morgan fingerprint density at radius 2 is 1.92 bits per heavy atom. The molecule has 0 aromatic heterocycles. The monoisotopic (exact) mass is 187 g/mol. The first kappa shape index (κ1) is 11.9. The smallest absolute Gasteiger partial charge is 0.326 e. The molecule has 0 aliphatic heterocycles. The molecule has 0 unspecified atom stereocenters. The van der Waals surface area contributed by atoms with E-state index in [4.69, 9.17) is 5.11 Å². The lowest BCUT2D eigenvalue weighted by Crippen LogP contribution is -2.41. The molecule has 0 aromatic carbocycles. The number of hydrogen-bond acceptors (Lipinski definition) is 2. The van der Waals surface area contributed by atoms with E-state index in [2.05, 4.69) is 5.32 Å². The molecule has 0 saturated heterocycles. The molecular formula is C9H17NO3. The molecule has 2 N–H and O–H groups in total. The van der Waals surface area contributed by atoms with Crippen molar-refractivity contribution in [1.82, 2.24) is 5.32 Å². The van der Waals surface area contributed by atoms with Gasteiger partial charge in [0.25, 0.3) is 0 Å². The third kappa shape index (κ3) is 5.22. The lowest BCUT2D eigenvalue weighted by molar-refractivity contribution is -0.142. The predicted octanol–water partition coefficient (Wildman–Crippen LogP) is 1.01. The normalized spacial score (nSPS) is 12.6. The number of carboxylic acid groups (broad SMARTS) is 1. The highest BCUT2D eigenvalue weighted by molar-refractivity contribution is 5.83. The van der Waals surface area contributed by atoms with Crippen LogP contribution in [0.5, 0.6) is 0 Å². The maximum absolute atomic E-state index is 10.9. The average molecular weight is 187 g/mol. The van der Waals surface area contributed by atoms with Gasteiger partial charge in [-0.2, -0.15) is 0 Å². The maximum Gasteiger partial charge on any atom is 0.326 e. The number of nitrogens with one attached hydrogen (secondary N) is 1. The molecule has 0 aromatic rings. The van der Waals surface area contributed by atoms with E-state index in [1.807, 2.05) is 13.8 Å². The van der Waals surface area contributed by atoms with Crippen molar-refractivity contribution < 1.29 is 14.7 Å². The largest absolute Gasteiger partial charge is 0.480 e. The number of carbonyl (C=O) groups excluding carboxylic acids is 1. The minimum Gasteiger partial charge on any atom is -0.480 e. The highest BCUT2D eigenvalue weighted by atomic mass is 16.4. The van der Waals surface area contributed by atoms with Gasteiger partial charge in [-0.05, 0) is 12.3 Å². The van der Waals surface area contributed by atoms with Gasteiger partial charge in [-0.15, -0.1) is 0 Å². The van der Waals surface area contributed by atoms with Crippen molar-refractivity contribution in [1.29, 1.82) is 0 Å². The van der Waals surface area contributed by atoms with Gasteiger partial charge in [-0.1, -0.05) is 20.8 Å². The summed E-state index contributed by atoms with van der Waals surface area (Å²) in [6.07, 6.45) is 0.795. The summed E-state index contributed by atoms with van der Waals surface area (Å²) < 4.78 is 0. The van der Waals surface area contributed by atoms with Crippen LogP contribution in [0.25, 0.3) is 0 Å². The molecule has 0 heterocycles. The zero-order chi connectivity index (χ0) is 10.4. The molecule has 0 saturated carbocycles. The lowest BCUT2D eigenvalue weighted by atomic mass is 10.0. The van der Waals surface area contributed by atoms with Gasteiger partial charge in [0.2, 0.25) is 5.91 Å². The summed E-state index contributed by atoms with van der Waals surface area (Å²) in [5, 5.41) is 11.2. The van der Waals surface area contributed by atoms with Crippen LogP contribution >= 0.6 is 0 Å². The van der Waals surface area contributed by atoms with Gasteiger partial charge in [-0.25, -0.2) is 4.79 Å². The number of carbonyl (C=O) groups is 2. The van der Waals surface area contributed by atoms with Crippen LogP contribution in [-0.4, -0.2) is 23.0 Å². The Morgan fingerprint density at radius 1 is 1.38 bits per heavy atom. The SMILES string of the molecule is CCC(=O)N[C@@H](CC(C)C)C(=O)O. The highest BCUT2D eigenvalue weighted by Crippen LogP contribution is 2.04. The van der Waals surface area contributed by atoms with E-state index in [9.17, 15) is 9.59 Å². The van der Waals surface area contributed by atoms with Gasteiger partial charge in [0.15, 0.2) is 0 Å². The zero-order valence-electron chi connectivity index (χ0n) is 8.33. The van der Waals surface area contributed by atoms with Crippen molar-refractivity contribution in [3.8, 4) is 0 Å².